The average Bonchev–Trinajstić information content (AvgIpc) is 2.12. The van der Waals surface area contributed by atoms with Crippen molar-refractivity contribution in [2.45, 2.75) is 45.1 Å². The highest BCUT2D eigenvalue weighted by Crippen LogP contribution is 2.03. The van der Waals surface area contributed by atoms with Gasteiger partial charge in [0.15, 0.2) is 0 Å². The van der Waals surface area contributed by atoms with Gasteiger partial charge in [0.2, 0.25) is 5.91 Å². The van der Waals surface area contributed by atoms with Crippen LogP contribution in [0.15, 0.2) is 0 Å². The molecule has 0 saturated carbocycles. The predicted octanol–water partition coefficient (Wildman–Crippen LogP) is 1.07. The van der Waals surface area contributed by atoms with Crippen LogP contribution in [0.25, 0.3) is 0 Å². The second kappa shape index (κ2) is 6.44. The molecule has 2 N–H and O–H groups in total. The Bertz CT molecular complexity index is 216. The maximum Gasteiger partial charge on any atom is 0.220 e. The number of amides is 1. The number of unbranched alkanes of at least 4 members (excludes halogenated alkanes) is 2. The topological polar surface area (TPSA) is 49.3 Å². The zero-order chi connectivity index (χ0) is 11.0. The third-order valence-corrected chi connectivity index (χ3v) is 1.85. The number of aliphatic hydroxyl groups excluding tert-OH is 1. The van der Waals surface area contributed by atoms with Crippen molar-refractivity contribution in [3.63, 3.8) is 0 Å². The molecule has 0 atom stereocenters. The Balaban J connectivity index is 3.62. The lowest BCUT2D eigenvalue weighted by molar-refractivity contribution is -0.123. The molecular formula is C11H19NO2. The summed E-state index contributed by atoms with van der Waals surface area (Å²) in [5.74, 6) is 2.50. The Morgan fingerprint density at radius 3 is 2.64 bits per heavy atom. The van der Waals surface area contributed by atoms with Gasteiger partial charge < -0.3 is 10.4 Å². The molecule has 1 amide bonds. The van der Waals surface area contributed by atoms with Crippen LogP contribution in [0.5, 0.6) is 0 Å². The molecule has 0 aliphatic heterocycles. The van der Waals surface area contributed by atoms with Crippen LogP contribution in [-0.2, 0) is 4.79 Å². The minimum Gasteiger partial charge on any atom is -0.394 e. The third-order valence-electron chi connectivity index (χ3n) is 1.85. The SMILES string of the molecule is C#CCCCCC(=O)NC(C)(C)CO. The van der Waals surface area contributed by atoms with Crippen molar-refractivity contribution in [1.82, 2.24) is 5.32 Å². The molecule has 0 aromatic heterocycles. The summed E-state index contributed by atoms with van der Waals surface area (Å²) in [5.41, 5.74) is -0.525. The molecule has 0 aliphatic carbocycles. The van der Waals surface area contributed by atoms with E-state index in [1.165, 1.54) is 0 Å². The number of hydrogen-bond acceptors (Lipinski definition) is 2. The van der Waals surface area contributed by atoms with Gasteiger partial charge in [-0.25, -0.2) is 0 Å². The van der Waals surface area contributed by atoms with Gasteiger partial charge in [0, 0.05) is 12.8 Å². The molecule has 0 radical (unpaired) electrons. The number of terminal acetylenes is 1. The Labute approximate surface area is 85.9 Å². The molecule has 0 aliphatic rings. The minimum atomic E-state index is -0.525. The second-order valence-electron chi connectivity index (χ2n) is 4.00. The highest BCUT2D eigenvalue weighted by Gasteiger charge is 2.18. The van der Waals surface area contributed by atoms with Crippen molar-refractivity contribution in [2.75, 3.05) is 6.61 Å². The van der Waals surface area contributed by atoms with Crippen LogP contribution in [0, 0.1) is 12.3 Å². The smallest absolute Gasteiger partial charge is 0.220 e. The minimum absolute atomic E-state index is 0.0268. The average molecular weight is 197 g/mol. The van der Waals surface area contributed by atoms with Crippen molar-refractivity contribution >= 4 is 5.91 Å². The molecule has 3 heteroatoms. The Morgan fingerprint density at radius 1 is 1.50 bits per heavy atom. The molecule has 0 aromatic rings. The number of aliphatic hydroxyl groups is 1. The molecule has 3 nitrogen and oxygen atoms in total. The van der Waals surface area contributed by atoms with E-state index < -0.39 is 5.54 Å². The summed E-state index contributed by atoms with van der Waals surface area (Å²) in [5, 5.41) is 11.7. The Hall–Kier alpha value is -1.01. The van der Waals surface area contributed by atoms with Crippen molar-refractivity contribution < 1.29 is 9.90 Å². The van der Waals surface area contributed by atoms with Crippen molar-refractivity contribution in [1.29, 1.82) is 0 Å². The van der Waals surface area contributed by atoms with Crippen LogP contribution < -0.4 is 5.32 Å². The van der Waals surface area contributed by atoms with Gasteiger partial charge in [-0.15, -0.1) is 12.3 Å². The number of nitrogens with one attached hydrogen (secondary N) is 1. The largest absolute Gasteiger partial charge is 0.394 e. The first-order chi connectivity index (χ1) is 6.52. The van der Waals surface area contributed by atoms with Gasteiger partial charge >= 0.3 is 0 Å². The van der Waals surface area contributed by atoms with Crippen LogP contribution in [-0.4, -0.2) is 23.2 Å². The molecule has 0 aromatic carbocycles. The fraction of sp³-hybridized carbons (Fsp3) is 0.727. The molecule has 0 spiro atoms. The van der Waals surface area contributed by atoms with Gasteiger partial charge in [0.25, 0.3) is 0 Å². The number of rotatable bonds is 6. The molecule has 0 unspecified atom stereocenters. The van der Waals surface area contributed by atoms with Crippen LogP contribution in [0.1, 0.15) is 39.5 Å². The van der Waals surface area contributed by atoms with E-state index in [0.717, 1.165) is 19.3 Å². The lowest BCUT2D eigenvalue weighted by Crippen LogP contribution is -2.46. The van der Waals surface area contributed by atoms with E-state index in [9.17, 15) is 4.79 Å². The van der Waals surface area contributed by atoms with Crippen LogP contribution in [0.4, 0.5) is 0 Å². The molecular weight excluding hydrogens is 178 g/mol. The maximum absolute atomic E-state index is 11.3. The lowest BCUT2D eigenvalue weighted by atomic mass is 10.1. The fourth-order valence-corrected chi connectivity index (χ4v) is 0.992. The van der Waals surface area contributed by atoms with E-state index in [1.54, 1.807) is 13.8 Å². The molecule has 14 heavy (non-hydrogen) atoms. The molecule has 0 rings (SSSR count). The van der Waals surface area contributed by atoms with E-state index in [2.05, 4.69) is 11.2 Å². The fourth-order valence-electron chi connectivity index (χ4n) is 0.992. The van der Waals surface area contributed by atoms with Crippen molar-refractivity contribution in [3.05, 3.63) is 0 Å². The molecule has 0 fully saturated rings. The van der Waals surface area contributed by atoms with Gasteiger partial charge in [-0.05, 0) is 26.7 Å². The molecule has 0 bridgehead atoms. The van der Waals surface area contributed by atoms with Crippen LogP contribution in [0.2, 0.25) is 0 Å². The van der Waals surface area contributed by atoms with Crippen LogP contribution in [0.3, 0.4) is 0 Å². The summed E-state index contributed by atoms with van der Waals surface area (Å²) >= 11 is 0. The lowest BCUT2D eigenvalue weighted by Gasteiger charge is -2.23. The summed E-state index contributed by atoms with van der Waals surface area (Å²) in [4.78, 5) is 11.3. The van der Waals surface area contributed by atoms with E-state index in [1.807, 2.05) is 0 Å². The maximum atomic E-state index is 11.3. The summed E-state index contributed by atoms with van der Waals surface area (Å²) in [6.45, 7) is 3.52. The summed E-state index contributed by atoms with van der Waals surface area (Å²) in [6, 6.07) is 0. The van der Waals surface area contributed by atoms with E-state index in [-0.39, 0.29) is 12.5 Å². The molecule has 0 heterocycles. The number of carbonyl (C=O) groups excluding carboxylic acids is 1. The highest BCUT2D eigenvalue weighted by molar-refractivity contribution is 5.76. The van der Waals surface area contributed by atoms with Gasteiger partial charge in [-0.3, -0.25) is 4.79 Å². The van der Waals surface area contributed by atoms with E-state index in [4.69, 9.17) is 11.5 Å². The summed E-state index contributed by atoms with van der Waals surface area (Å²) in [6.07, 6.45) is 7.96. The zero-order valence-corrected chi connectivity index (χ0v) is 8.97. The van der Waals surface area contributed by atoms with E-state index >= 15 is 0 Å². The first-order valence-corrected chi connectivity index (χ1v) is 4.87. The van der Waals surface area contributed by atoms with Gasteiger partial charge in [0.05, 0.1) is 12.1 Å². The third kappa shape index (κ3) is 6.50. The van der Waals surface area contributed by atoms with Crippen molar-refractivity contribution in [3.8, 4) is 12.3 Å². The Kier molecular flexibility index (Phi) is 5.98. The normalized spacial score (nSPS) is 10.7. The number of hydrogen-bond donors (Lipinski definition) is 2. The Morgan fingerprint density at radius 2 is 2.14 bits per heavy atom. The molecule has 0 saturated heterocycles. The summed E-state index contributed by atoms with van der Waals surface area (Å²) < 4.78 is 0. The van der Waals surface area contributed by atoms with Gasteiger partial charge in [-0.2, -0.15) is 0 Å². The highest BCUT2D eigenvalue weighted by atomic mass is 16.3. The van der Waals surface area contributed by atoms with Crippen LogP contribution >= 0.6 is 0 Å². The van der Waals surface area contributed by atoms with Crippen molar-refractivity contribution in [2.24, 2.45) is 0 Å². The zero-order valence-electron chi connectivity index (χ0n) is 8.97. The molecule has 80 valence electrons. The standard InChI is InChI=1S/C11H19NO2/c1-4-5-6-7-8-10(14)12-11(2,3)9-13/h1,13H,5-9H2,2-3H3,(H,12,14). The first kappa shape index (κ1) is 13.0. The van der Waals surface area contributed by atoms with E-state index in [0.29, 0.717) is 6.42 Å². The second-order valence-corrected chi connectivity index (χ2v) is 4.00. The quantitative estimate of drug-likeness (QED) is 0.494. The summed E-state index contributed by atoms with van der Waals surface area (Å²) in [7, 11) is 0. The monoisotopic (exact) mass is 197 g/mol. The first-order valence-electron chi connectivity index (χ1n) is 4.87. The van der Waals surface area contributed by atoms with Gasteiger partial charge in [-0.1, -0.05) is 0 Å². The number of carbonyl (C=O) groups is 1. The predicted molar refractivity (Wildman–Crippen MR) is 56.6 cm³/mol. The van der Waals surface area contributed by atoms with Gasteiger partial charge in [0.1, 0.15) is 0 Å².